The van der Waals surface area contributed by atoms with Gasteiger partial charge in [0.05, 0.1) is 5.02 Å². The van der Waals surface area contributed by atoms with Gasteiger partial charge >= 0.3 is 0 Å². The molecule has 0 aliphatic heterocycles. The molecule has 0 saturated heterocycles. The predicted octanol–water partition coefficient (Wildman–Crippen LogP) is 4.23. The van der Waals surface area contributed by atoms with Crippen LogP contribution < -0.4 is 5.32 Å². The van der Waals surface area contributed by atoms with Gasteiger partial charge in [0.1, 0.15) is 11.6 Å². The Morgan fingerprint density at radius 2 is 1.71 bits per heavy atom. The molecule has 0 aromatic heterocycles. The van der Waals surface area contributed by atoms with Crippen molar-refractivity contribution < 1.29 is 8.78 Å². The number of benzene rings is 2. The lowest BCUT2D eigenvalue weighted by Gasteiger charge is -2.07. The zero-order valence-electron chi connectivity index (χ0n) is 8.88. The van der Waals surface area contributed by atoms with Crippen LogP contribution in [0.25, 0.3) is 0 Å². The molecule has 0 spiro atoms. The Bertz CT molecular complexity index is 511. The molecule has 0 saturated carbocycles. The van der Waals surface area contributed by atoms with Gasteiger partial charge < -0.3 is 5.32 Å². The highest BCUT2D eigenvalue weighted by atomic mass is 35.5. The Hall–Kier alpha value is -1.61. The van der Waals surface area contributed by atoms with Gasteiger partial charge in [-0.1, -0.05) is 23.7 Å². The lowest BCUT2D eigenvalue weighted by Crippen LogP contribution is -1.99. The second-order valence-corrected chi connectivity index (χ2v) is 4.02. The van der Waals surface area contributed by atoms with Crippen LogP contribution in [-0.4, -0.2) is 0 Å². The normalized spacial score (nSPS) is 10.3. The van der Waals surface area contributed by atoms with E-state index in [0.29, 0.717) is 6.54 Å². The summed E-state index contributed by atoms with van der Waals surface area (Å²) in [6.07, 6.45) is 0. The van der Waals surface area contributed by atoms with Gasteiger partial charge in [0.15, 0.2) is 0 Å². The van der Waals surface area contributed by atoms with Gasteiger partial charge in [0.2, 0.25) is 0 Å². The molecule has 0 radical (unpaired) electrons. The summed E-state index contributed by atoms with van der Waals surface area (Å²) in [5, 5.41) is 3.15. The maximum absolute atomic E-state index is 12.9. The number of hydrogen-bond donors (Lipinski definition) is 1. The van der Waals surface area contributed by atoms with Crippen molar-refractivity contribution in [2.75, 3.05) is 5.32 Å². The van der Waals surface area contributed by atoms with Crippen LogP contribution in [0.3, 0.4) is 0 Å². The third kappa shape index (κ3) is 3.17. The summed E-state index contributed by atoms with van der Waals surface area (Å²) < 4.78 is 25.6. The Morgan fingerprint density at radius 1 is 1.00 bits per heavy atom. The Balaban J connectivity index is 2.02. The fourth-order valence-corrected chi connectivity index (χ4v) is 1.59. The largest absolute Gasteiger partial charge is 0.381 e. The highest BCUT2D eigenvalue weighted by Crippen LogP contribution is 2.19. The summed E-state index contributed by atoms with van der Waals surface area (Å²) in [7, 11) is 0. The van der Waals surface area contributed by atoms with Crippen LogP contribution in [0.1, 0.15) is 5.56 Å². The fourth-order valence-electron chi connectivity index (χ4n) is 1.41. The number of hydrogen-bond acceptors (Lipinski definition) is 1. The van der Waals surface area contributed by atoms with Crippen molar-refractivity contribution in [3.63, 3.8) is 0 Å². The summed E-state index contributed by atoms with van der Waals surface area (Å²) in [6.45, 7) is 0.530. The van der Waals surface area contributed by atoms with Crippen molar-refractivity contribution in [1.29, 1.82) is 0 Å². The van der Waals surface area contributed by atoms with E-state index in [9.17, 15) is 8.78 Å². The first-order valence-electron chi connectivity index (χ1n) is 5.08. The van der Waals surface area contributed by atoms with E-state index < -0.39 is 5.82 Å². The van der Waals surface area contributed by atoms with Gasteiger partial charge in [-0.25, -0.2) is 8.78 Å². The Morgan fingerprint density at radius 3 is 2.35 bits per heavy atom. The molecule has 0 unspecified atom stereocenters. The standard InChI is InChI=1S/C13H10ClF2N/c14-12-7-11(5-6-13(12)16)17-8-9-1-3-10(15)4-2-9/h1-7,17H,8H2. The Labute approximate surface area is 103 Å². The fraction of sp³-hybridized carbons (Fsp3) is 0.0769. The molecule has 0 atom stereocenters. The molecule has 17 heavy (non-hydrogen) atoms. The van der Waals surface area contributed by atoms with Crippen molar-refractivity contribution in [1.82, 2.24) is 0 Å². The minimum atomic E-state index is -0.445. The van der Waals surface area contributed by atoms with Crippen molar-refractivity contribution in [2.24, 2.45) is 0 Å². The molecule has 4 heteroatoms. The zero-order chi connectivity index (χ0) is 12.3. The van der Waals surface area contributed by atoms with E-state index >= 15 is 0 Å². The lowest BCUT2D eigenvalue weighted by molar-refractivity contribution is 0.627. The molecule has 2 aromatic carbocycles. The van der Waals surface area contributed by atoms with E-state index in [1.165, 1.54) is 24.3 Å². The highest BCUT2D eigenvalue weighted by molar-refractivity contribution is 6.31. The second-order valence-electron chi connectivity index (χ2n) is 3.61. The third-order valence-electron chi connectivity index (χ3n) is 2.33. The predicted molar refractivity (Wildman–Crippen MR) is 65.1 cm³/mol. The van der Waals surface area contributed by atoms with Crippen LogP contribution in [0.4, 0.5) is 14.5 Å². The van der Waals surface area contributed by atoms with E-state index in [2.05, 4.69) is 5.32 Å². The zero-order valence-corrected chi connectivity index (χ0v) is 9.64. The van der Waals surface area contributed by atoms with Gasteiger partial charge in [-0.2, -0.15) is 0 Å². The van der Waals surface area contributed by atoms with Crippen LogP contribution in [0, 0.1) is 11.6 Å². The topological polar surface area (TPSA) is 12.0 Å². The molecule has 0 amide bonds. The van der Waals surface area contributed by atoms with E-state index in [1.54, 1.807) is 18.2 Å². The molecular weight excluding hydrogens is 244 g/mol. The highest BCUT2D eigenvalue weighted by Gasteiger charge is 2.00. The summed E-state index contributed by atoms with van der Waals surface area (Å²) in [6, 6.07) is 10.6. The summed E-state index contributed by atoms with van der Waals surface area (Å²) in [5.41, 5.74) is 1.66. The molecule has 88 valence electrons. The molecule has 2 aromatic rings. The molecule has 2 rings (SSSR count). The minimum Gasteiger partial charge on any atom is -0.381 e. The molecule has 0 aliphatic carbocycles. The molecule has 0 bridgehead atoms. The molecule has 1 nitrogen and oxygen atoms in total. The van der Waals surface area contributed by atoms with Crippen molar-refractivity contribution >= 4 is 17.3 Å². The van der Waals surface area contributed by atoms with E-state index in [1.807, 2.05) is 0 Å². The first-order chi connectivity index (χ1) is 8.15. The van der Waals surface area contributed by atoms with E-state index in [0.717, 1.165) is 11.3 Å². The molecule has 0 fully saturated rings. The monoisotopic (exact) mass is 253 g/mol. The number of nitrogens with one attached hydrogen (secondary N) is 1. The minimum absolute atomic E-state index is 0.0779. The molecule has 0 aliphatic rings. The number of halogens is 3. The van der Waals surface area contributed by atoms with E-state index in [-0.39, 0.29) is 10.8 Å². The van der Waals surface area contributed by atoms with Crippen molar-refractivity contribution in [2.45, 2.75) is 6.54 Å². The van der Waals surface area contributed by atoms with Gasteiger partial charge in [-0.3, -0.25) is 0 Å². The third-order valence-corrected chi connectivity index (χ3v) is 2.62. The smallest absolute Gasteiger partial charge is 0.141 e. The first kappa shape index (κ1) is 11.9. The lowest BCUT2D eigenvalue weighted by atomic mass is 10.2. The average Bonchev–Trinajstić information content (AvgIpc) is 2.33. The quantitative estimate of drug-likeness (QED) is 0.863. The number of rotatable bonds is 3. The SMILES string of the molecule is Fc1ccc(CNc2ccc(F)c(Cl)c2)cc1. The Kier molecular flexibility index (Phi) is 3.59. The average molecular weight is 254 g/mol. The van der Waals surface area contributed by atoms with Gasteiger partial charge in [-0.05, 0) is 35.9 Å². The van der Waals surface area contributed by atoms with Gasteiger partial charge in [0, 0.05) is 12.2 Å². The number of anilines is 1. The summed E-state index contributed by atoms with van der Waals surface area (Å²) in [5.74, 6) is -0.711. The maximum Gasteiger partial charge on any atom is 0.141 e. The van der Waals surface area contributed by atoms with Gasteiger partial charge in [0.25, 0.3) is 0 Å². The van der Waals surface area contributed by atoms with Crippen LogP contribution in [-0.2, 0) is 6.54 Å². The first-order valence-corrected chi connectivity index (χ1v) is 5.46. The maximum atomic E-state index is 12.9. The molecule has 0 heterocycles. The summed E-state index contributed by atoms with van der Waals surface area (Å²) in [4.78, 5) is 0. The van der Waals surface area contributed by atoms with Crippen LogP contribution in [0.2, 0.25) is 5.02 Å². The summed E-state index contributed by atoms with van der Waals surface area (Å²) >= 11 is 5.65. The van der Waals surface area contributed by atoms with Crippen molar-refractivity contribution in [3.05, 3.63) is 64.7 Å². The molecular formula is C13H10ClF2N. The second kappa shape index (κ2) is 5.15. The van der Waals surface area contributed by atoms with Crippen molar-refractivity contribution in [3.8, 4) is 0 Å². The van der Waals surface area contributed by atoms with Crippen LogP contribution in [0.5, 0.6) is 0 Å². The van der Waals surface area contributed by atoms with Gasteiger partial charge in [-0.15, -0.1) is 0 Å². The van der Waals surface area contributed by atoms with E-state index in [4.69, 9.17) is 11.6 Å². The molecule has 1 N–H and O–H groups in total. The van der Waals surface area contributed by atoms with Crippen LogP contribution >= 0.6 is 11.6 Å². The van der Waals surface area contributed by atoms with Crippen LogP contribution in [0.15, 0.2) is 42.5 Å².